The van der Waals surface area contributed by atoms with Crippen LogP contribution in [0.3, 0.4) is 0 Å². The Labute approximate surface area is 132 Å². The minimum atomic E-state index is -0.684. The molecular formula is C15H8BrClF2N2. The Morgan fingerprint density at radius 3 is 2.38 bits per heavy atom. The maximum Gasteiger partial charge on any atom is 0.161 e. The molecule has 21 heavy (non-hydrogen) atoms. The number of rotatable bonds is 1. The van der Waals surface area contributed by atoms with Crippen molar-refractivity contribution in [3.63, 3.8) is 0 Å². The molecule has 0 aliphatic rings. The van der Waals surface area contributed by atoms with Crippen molar-refractivity contribution in [2.75, 3.05) is 0 Å². The van der Waals surface area contributed by atoms with Gasteiger partial charge in [-0.2, -0.15) is 0 Å². The van der Waals surface area contributed by atoms with Crippen molar-refractivity contribution in [3.05, 3.63) is 57.2 Å². The second kappa shape index (κ2) is 5.31. The first-order valence-corrected chi connectivity index (χ1v) is 7.21. The number of aryl methyl sites for hydroxylation is 1. The summed E-state index contributed by atoms with van der Waals surface area (Å²) in [4.78, 5) is 8.54. The summed E-state index contributed by atoms with van der Waals surface area (Å²) in [5.74, 6) is -1.18. The number of halogens is 4. The summed E-state index contributed by atoms with van der Waals surface area (Å²) < 4.78 is 27.4. The van der Waals surface area contributed by atoms with Crippen LogP contribution in [0.5, 0.6) is 0 Å². The fraction of sp³-hybridized carbons (Fsp3) is 0.0667. The monoisotopic (exact) mass is 368 g/mol. The van der Waals surface area contributed by atoms with Crippen LogP contribution in [0.2, 0.25) is 5.15 Å². The molecule has 1 heterocycles. The highest BCUT2D eigenvalue weighted by Gasteiger charge is 2.13. The summed E-state index contributed by atoms with van der Waals surface area (Å²) in [6.07, 6.45) is 0. The van der Waals surface area contributed by atoms with Crippen LogP contribution >= 0.6 is 27.5 Å². The van der Waals surface area contributed by atoms with Crippen LogP contribution in [-0.4, -0.2) is 9.97 Å². The van der Waals surface area contributed by atoms with Crippen molar-refractivity contribution in [1.82, 2.24) is 9.97 Å². The van der Waals surface area contributed by atoms with Crippen molar-refractivity contribution in [1.29, 1.82) is 0 Å². The van der Waals surface area contributed by atoms with E-state index in [-0.39, 0.29) is 16.5 Å². The highest BCUT2D eigenvalue weighted by molar-refractivity contribution is 9.10. The Kier molecular flexibility index (Phi) is 3.63. The van der Waals surface area contributed by atoms with Gasteiger partial charge in [-0.15, -0.1) is 0 Å². The van der Waals surface area contributed by atoms with Crippen molar-refractivity contribution >= 4 is 38.4 Å². The molecule has 2 nitrogen and oxygen atoms in total. The van der Waals surface area contributed by atoms with Gasteiger partial charge in [-0.25, -0.2) is 18.7 Å². The van der Waals surface area contributed by atoms with E-state index in [0.29, 0.717) is 10.9 Å². The highest BCUT2D eigenvalue weighted by Crippen LogP contribution is 2.32. The molecule has 106 valence electrons. The van der Waals surface area contributed by atoms with Gasteiger partial charge in [0.1, 0.15) is 16.8 Å². The van der Waals surface area contributed by atoms with Gasteiger partial charge >= 0.3 is 0 Å². The van der Waals surface area contributed by atoms with Gasteiger partial charge in [-0.1, -0.05) is 17.7 Å². The van der Waals surface area contributed by atoms with Crippen LogP contribution in [0.15, 0.2) is 34.8 Å². The lowest BCUT2D eigenvalue weighted by atomic mass is 10.1. The molecule has 0 unspecified atom stereocenters. The van der Waals surface area contributed by atoms with Crippen LogP contribution in [-0.2, 0) is 0 Å². The van der Waals surface area contributed by atoms with E-state index in [1.54, 1.807) is 0 Å². The average molecular weight is 370 g/mol. The third kappa shape index (κ3) is 2.63. The molecular weight excluding hydrogens is 362 g/mol. The van der Waals surface area contributed by atoms with Crippen LogP contribution in [0, 0.1) is 18.6 Å². The van der Waals surface area contributed by atoms with E-state index in [0.717, 1.165) is 16.1 Å². The number of benzene rings is 2. The number of hydrogen-bond acceptors (Lipinski definition) is 2. The van der Waals surface area contributed by atoms with E-state index >= 15 is 0 Å². The summed E-state index contributed by atoms with van der Waals surface area (Å²) in [5.41, 5.74) is 1.79. The van der Waals surface area contributed by atoms with Crippen LogP contribution in [0.4, 0.5) is 8.78 Å². The molecule has 0 aliphatic heterocycles. The highest BCUT2D eigenvalue weighted by atomic mass is 79.9. The van der Waals surface area contributed by atoms with Crippen molar-refractivity contribution in [3.8, 4) is 11.4 Å². The van der Waals surface area contributed by atoms with Crippen molar-refractivity contribution in [2.45, 2.75) is 6.92 Å². The number of nitrogens with zero attached hydrogens (tertiary/aromatic N) is 2. The Morgan fingerprint density at radius 1 is 1.05 bits per heavy atom. The number of aromatic nitrogens is 2. The van der Waals surface area contributed by atoms with E-state index in [9.17, 15) is 8.78 Å². The standard InChI is InChI=1S/C15H8BrClF2N2/c1-7-2-3-11(16)12-13(7)20-15(21-14(12)17)8-4-9(18)6-10(19)5-8/h2-6H,1H3. The van der Waals surface area contributed by atoms with Crippen molar-refractivity contribution < 1.29 is 8.78 Å². The Morgan fingerprint density at radius 2 is 1.71 bits per heavy atom. The molecule has 0 aliphatic carbocycles. The van der Waals surface area contributed by atoms with E-state index in [2.05, 4.69) is 25.9 Å². The molecule has 0 bridgehead atoms. The van der Waals surface area contributed by atoms with Gasteiger partial charge in [0.05, 0.1) is 10.9 Å². The second-order valence-electron chi connectivity index (χ2n) is 4.58. The minimum Gasteiger partial charge on any atom is -0.228 e. The summed E-state index contributed by atoms with van der Waals surface area (Å²) in [5, 5.41) is 0.910. The zero-order valence-corrected chi connectivity index (χ0v) is 13.1. The number of hydrogen-bond donors (Lipinski definition) is 0. The fourth-order valence-electron chi connectivity index (χ4n) is 2.10. The molecule has 0 N–H and O–H groups in total. The van der Waals surface area contributed by atoms with Gasteiger partial charge in [-0.05, 0) is 46.6 Å². The van der Waals surface area contributed by atoms with Crippen LogP contribution in [0.1, 0.15) is 5.56 Å². The first kappa shape index (κ1) is 14.4. The van der Waals surface area contributed by atoms with Gasteiger partial charge in [0.25, 0.3) is 0 Å². The predicted octanol–water partition coefficient (Wildman–Crippen LogP) is 5.30. The third-order valence-electron chi connectivity index (χ3n) is 3.08. The minimum absolute atomic E-state index is 0.187. The third-order valence-corrected chi connectivity index (χ3v) is 4.01. The zero-order valence-electron chi connectivity index (χ0n) is 10.8. The van der Waals surface area contributed by atoms with Gasteiger partial charge in [-0.3, -0.25) is 0 Å². The normalized spacial score (nSPS) is 11.1. The van der Waals surface area contributed by atoms with E-state index in [1.165, 1.54) is 12.1 Å². The van der Waals surface area contributed by atoms with Gasteiger partial charge in [0.15, 0.2) is 5.82 Å². The fourth-order valence-corrected chi connectivity index (χ4v) is 3.00. The Hall–Kier alpha value is -1.59. The molecule has 0 atom stereocenters. The van der Waals surface area contributed by atoms with Gasteiger partial charge in [0.2, 0.25) is 0 Å². The van der Waals surface area contributed by atoms with Crippen LogP contribution < -0.4 is 0 Å². The van der Waals surface area contributed by atoms with Crippen molar-refractivity contribution in [2.24, 2.45) is 0 Å². The maximum absolute atomic E-state index is 13.3. The molecule has 3 rings (SSSR count). The molecule has 0 amide bonds. The van der Waals surface area contributed by atoms with E-state index < -0.39 is 11.6 Å². The first-order valence-electron chi connectivity index (χ1n) is 6.04. The Bertz CT molecular complexity index is 848. The lowest BCUT2D eigenvalue weighted by molar-refractivity contribution is 0.584. The predicted molar refractivity (Wildman–Crippen MR) is 82.3 cm³/mol. The van der Waals surface area contributed by atoms with Gasteiger partial charge < -0.3 is 0 Å². The molecule has 0 spiro atoms. The maximum atomic E-state index is 13.3. The average Bonchev–Trinajstić information content (AvgIpc) is 2.41. The quantitative estimate of drug-likeness (QED) is 0.544. The summed E-state index contributed by atoms with van der Waals surface area (Å²) in [6.45, 7) is 1.88. The molecule has 0 radical (unpaired) electrons. The second-order valence-corrected chi connectivity index (χ2v) is 5.80. The molecule has 0 fully saturated rings. The smallest absolute Gasteiger partial charge is 0.161 e. The summed E-state index contributed by atoms with van der Waals surface area (Å²) in [7, 11) is 0. The van der Waals surface area contributed by atoms with E-state index in [4.69, 9.17) is 11.6 Å². The van der Waals surface area contributed by atoms with E-state index in [1.807, 2.05) is 19.1 Å². The topological polar surface area (TPSA) is 25.8 Å². The molecule has 6 heteroatoms. The zero-order chi connectivity index (χ0) is 15.1. The largest absolute Gasteiger partial charge is 0.228 e. The molecule has 0 saturated carbocycles. The SMILES string of the molecule is Cc1ccc(Br)c2c(Cl)nc(-c3cc(F)cc(F)c3)nc12. The number of fused-ring (bicyclic) bond motifs is 1. The lowest BCUT2D eigenvalue weighted by Crippen LogP contribution is -1.95. The molecule has 3 aromatic rings. The summed E-state index contributed by atoms with van der Waals surface area (Å²) in [6, 6.07) is 6.88. The first-order chi connectivity index (χ1) is 9.95. The molecule has 0 saturated heterocycles. The summed E-state index contributed by atoms with van der Waals surface area (Å²) >= 11 is 9.60. The lowest BCUT2D eigenvalue weighted by Gasteiger charge is -2.08. The van der Waals surface area contributed by atoms with Crippen LogP contribution in [0.25, 0.3) is 22.3 Å². The molecule has 1 aromatic heterocycles. The molecule has 2 aromatic carbocycles. The van der Waals surface area contributed by atoms with Gasteiger partial charge in [0, 0.05) is 16.1 Å². The Balaban J connectivity index is 2.32.